The van der Waals surface area contributed by atoms with E-state index in [-0.39, 0.29) is 11.4 Å². The van der Waals surface area contributed by atoms with E-state index in [9.17, 15) is 9.90 Å². The summed E-state index contributed by atoms with van der Waals surface area (Å²) in [6, 6.07) is 8.91. The molecule has 4 heteroatoms. The molecule has 0 bridgehead atoms. The number of rotatable bonds is 1. The van der Waals surface area contributed by atoms with Gasteiger partial charge in [-0.15, -0.1) is 4.57 Å². The predicted molar refractivity (Wildman–Crippen MR) is 53.3 cm³/mol. The molecule has 0 radical (unpaired) electrons. The van der Waals surface area contributed by atoms with Crippen molar-refractivity contribution in [3.05, 3.63) is 47.1 Å². The number of aryl methyl sites for hydroxylation is 1. The number of aromatic hydroxyl groups is 1. The molecule has 1 aromatic heterocycles. The predicted octanol–water partition coefficient (Wildman–Crippen LogP) is 0.837. The van der Waals surface area contributed by atoms with Gasteiger partial charge < -0.3 is 9.52 Å². The van der Waals surface area contributed by atoms with E-state index in [1.54, 1.807) is 31.3 Å². The van der Waals surface area contributed by atoms with Crippen LogP contribution in [0.5, 0.6) is 5.88 Å². The van der Waals surface area contributed by atoms with Gasteiger partial charge in [-0.3, -0.25) is 0 Å². The Labute approximate surface area is 86.0 Å². The molecule has 1 heterocycles. The normalized spacial score (nSPS) is 10.2. The Kier molecular flexibility index (Phi) is 2.25. The minimum atomic E-state index is -0.545. The molecule has 2 rings (SSSR count). The first kappa shape index (κ1) is 9.45. The topological polar surface area (TPSA) is 54.3 Å². The second-order valence-corrected chi connectivity index (χ2v) is 3.19. The molecule has 2 aromatic rings. The summed E-state index contributed by atoms with van der Waals surface area (Å²) in [5.74, 6) is -0.0996. The van der Waals surface area contributed by atoms with Crippen LogP contribution in [0.2, 0.25) is 0 Å². The van der Waals surface area contributed by atoms with Gasteiger partial charge in [0.15, 0.2) is 5.56 Å². The van der Waals surface area contributed by atoms with Gasteiger partial charge in [0.25, 0.3) is 0 Å². The van der Waals surface area contributed by atoms with E-state index in [1.807, 2.05) is 6.07 Å². The monoisotopic (exact) mass is 204 g/mol. The van der Waals surface area contributed by atoms with Crippen molar-refractivity contribution in [1.82, 2.24) is 0 Å². The molecule has 0 spiro atoms. The Balaban J connectivity index is 2.73. The van der Waals surface area contributed by atoms with Crippen molar-refractivity contribution < 1.29 is 14.1 Å². The summed E-state index contributed by atoms with van der Waals surface area (Å²) < 4.78 is 6.12. The van der Waals surface area contributed by atoms with E-state index in [0.717, 1.165) is 0 Å². The fraction of sp³-hybridized carbons (Fsp3) is 0.0909. The molecule has 1 N–H and O–H groups in total. The molecule has 0 amide bonds. The number of hydrogen-bond donors (Lipinski definition) is 1. The van der Waals surface area contributed by atoms with E-state index in [2.05, 4.69) is 0 Å². The first-order chi connectivity index (χ1) is 7.20. The highest BCUT2D eigenvalue weighted by molar-refractivity contribution is 5.65. The molecule has 76 valence electrons. The average molecular weight is 204 g/mol. The molecule has 0 fully saturated rings. The van der Waals surface area contributed by atoms with Crippen molar-refractivity contribution in [2.24, 2.45) is 7.05 Å². The van der Waals surface area contributed by atoms with Crippen molar-refractivity contribution in [2.75, 3.05) is 0 Å². The van der Waals surface area contributed by atoms with Gasteiger partial charge in [-0.2, -0.15) is 0 Å². The lowest BCUT2D eigenvalue weighted by molar-refractivity contribution is -0.687. The molecule has 4 nitrogen and oxygen atoms in total. The van der Waals surface area contributed by atoms with Crippen LogP contribution in [0.3, 0.4) is 0 Å². The Morgan fingerprint density at radius 2 is 1.93 bits per heavy atom. The van der Waals surface area contributed by atoms with Crippen LogP contribution in [0, 0.1) is 0 Å². The van der Waals surface area contributed by atoms with Crippen molar-refractivity contribution >= 4 is 0 Å². The number of hydrogen-bond acceptors (Lipinski definition) is 3. The minimum absolute atomic E-state index is 0.0996. The van der Waals surface area contributed by atoms with Gasteiger partial charge in [0.1, 0.15) is 7.05 Å². The molecular weight excluding hydrogens is 194 g/mol. The van der Waals surface area contributed by atoms with Crippen molar-refractivity contribution in [1.29, 1.82) is 0 Å². The first-order valence-electron chi connectivity index (χ1n) is 4.46. The van der Waals surface area contributed by atoms with Crippen molar-refractivity contribution in [3.8, 4) is 17.0 Å². The molecule has 15 heavy (non-hydrogen) atoms. The minimum Gasteiger partial charge on any atom is -0.459 e. The summed E-state index contributed by atoms with van der Waals surface area (Å²) >= 11 is 0. The third-order valence-corrected chi connectivity index (χ3v) is 2.14. The zero-order valence-corrected chi connectivity index (χ0v) is 8.18. The highest BCUT2D eigenvalue weighted by Gasteiger charge is 2.19. The van der Waals surface area contributed by atoms with Gasteiger partial charge in [-0.05, 0) is 5.56 Å². The molecule has 0 aliphatic carbocycles. The van der Waals surface area contributed by atoms with Crippen LogP contribution in [-0.2, 0) is 7.05 Å². The zero-order valence-electron chi connectivity index (χ0n) is 8.18. The lowest BCUT2D eigenvalue weighted by atomic mass is 10.1. The lowest BCUT2D eigenvalue weighted by Crippen LogP contribution is -2.30. The van der Waals surface area contributed by atoms with Crippen LogP contribution < -0.4 is 10.2 Å². The molecule has 0 unspecified atom stereocenters. The highest BCUT2D eigenvalue weighted by atomic mass is 16.4. The summed E-state index contributed by atoms with van der Waals surface area (Å²) in [7, 11) is 1.60. The molecule has 0 aliphatic heterocycles. The lowest BCUT2D eigenvalue weighted by Gasteiger charge is -1.98. The summed E-state index contributed by atoms with van der Waals surface area (Å²) in [4.78, 5) is 11.5. The van der Waals surface area contributed by atoms with Gasteiger partial charge in [0.05, 0.1) is 0 Å². The van der Waals surface area contributed by atoms with Gasteiger partial charge in [0, 0.05) is 0 Å². The SMILES string of the molecule is C[n+]1coc(=O)c(-c2ccccc2)c1O. The van der Waals surface area contributed by atoms with Gasteiger partial charge in [0.2, 0.25) is 0 Å². The fourth-order valence-electron chi connectivity index (χ4n) is 1.36. The molecular formula is C11H10NO3+. The maximum Gasteiger partial charge on any atom is 0.383 e. The first-order valence-corrected chi connectivity index (χ1v) is 4.46. The molecule has 0 atom stereocenters. The third kappa shape index (κ3) is 1.61. The van der Waals surface area contributed by atoms with E-state index in [1.165, 1.54) is 11.0 Å². The Bertz CT molecular complexity index is 531. The fourth-order valence-corrected chi connectivity index (χ4v) is 1.36. The second-order valence-electron chi connectivity index (χ2n) is 3.19. The maximum atomic E-state index is 11.5. The Morgan fingerprint density at radius 1 is 1.27 bits per heavy atom. The van der Waals surface area contributed by atoms with E-state index in [0.29, 0.717) is 5.56 Å². The van der Waals surface area contributed by atoms with Crippen LogP contribution in [0.1, 0.15) is 0 Å². The van der Waals surface area contributed by atoms with Crippen LogP contribution in [0.15, 0.2) is 45.9 Å². The van der Waals surface area contributed by atoms with Gasteiger partial charge >= 0.3 is 17.9 Å². The van der Waals surface area contributed by atoms with Crippen LogP contribution in [0.4, 0.5) is 0 Å². The molecule has 0 saturated heterocycles. The molecule has 0 saturated carbocycles. The number of benzene rings is 1. The Hall–Kier alpha value is -2.10. The summed E-state index contributed by atoms with van der Waals surface area (Å²) in [6.45, 7) is 0. The summed E-state index contributed by atoms with van der Waals surface area (Å²) in [6.07, 6.45) is 1.17. The standard InChI is InChI=1S/C11H9NO3/c1-12-7-15-11(14)9(10(12)13)8-5-3-2-4-6-8/h2-7H,1H3/p+1. The smallest absolute Gasteiger partial charge is 0.383 e. The van der Waals surface area contributed by atoms with Gasteiger partial charge in [-0.1, -0.05) is 30.3 Å². The van der Waals surface area contributed by atoms with Crippen LogP contribution in [0.25, 0.3) is 11.1 Å². The number of nitrogens with zero attached hydrogens (tertiary/aromatic N) is 1. The van der Waals surface area contributed by atoms with Crippen LogP contribution >= 0.6 is 0 Å². The second kappa shape index (κ2) is 3.57. The zero-order chi connectivity index (χ0) is 10.8. The van der Waals surface area contributed by atoms with Crippen molar-refractivity contribution in [3.63, 3.8) is 0 Å². The van der Waals surface area contributed by atoms with E-state index in [4.69, 9.17) is 4.42 Å². The molecule has 0 aliphatic rings. The van der Waals surface area contributed by atoms with Gasteiger partial charge in [-0.25, -0.2) is 4.79 Å². The average Bonchev–Trinajstić information content (AvgIpc) is 2.26. The van der Waals surface area contributed by atoms with E-state index < -0.39 is 5.63 Å². The molecule has 1 aromatic carbocycles. The van der Waals surface area contributed by atoms with Crippen molar-refractivity contribution in [2.45, 2.75) is 0 Å². The summed E-state index contributed by atoms with van der Waals surface area (Å²) in [5.41, 5.74) is 0.275. The number of aromatic nitrogens is 1. The Morgan fingerprint density at radius 3 is 2.60 bits per heavy atom. The largest absolute Gasteiger partial charge is 0.459 e. The highest BCUT2D eigenvalue weighted by Crippen LogP contribution is 2.20. The van der Waals surface area contributed by atoms with E-state index >= 15 is 0 Å². The summed E-state index contributed by atoms with van der Waals surface area (Å²) in [5, 5.41) is 9.73. The van der Waals surface area contributed by atoms with Crippen LogP contribution in [-0.4, -0.2) is 5.11 Å². The third-order valence-electron chi connectivity index (χ3n) is 2.14. The quantitative estimate of drug-likeness (QED) is 0.700. The maximum absolute atomic E-state index is 11.5.